The highest BCUT2D eigenvalue weighted by Crippen LogP contribution is 2.38. The van der Waals surface area contributed by atoms with Crippen LogP contribution in [-0.4, -0.2) is 164 Å². The summed E-state index contributed by atoms with van der Waals surface area (Å²) in [6, 6.07) is 28.5. The number of benzene rings is 3. The Balaban J connectivity index is 0.000000143. The van der Waals surface area contributed by atoms with Crippen LogP contribution in [-0.2, 0) is 14.4 Å². The number of nitrogen functional groups attached to an aromatic ring is 3. The number of piperidine rings is 3. The lowest BCUT2D eigenvalue weighted by Crippen LogP contribution is -2.40. The zero-order valence-corrected chi connectivity index (χ0v) is 60.4. The van der Waals surface area contributed by atoms with E-state index in [1.807, 2.05) is 95.5 Å². The van der Waals surface area contributed by atoms with Crippen molar-refractivity contribution in [3.8, 4) is 45.6 Å². The fraction of sp³-hybridized carbons (Fsp3) is 0.247. The zero-order valence-electron chi connectivity index (χ0n) is 59.6. The molecule has 9 N–H and O–H groups in total. The molecule has 9 aromatic heterocycles. The molecule has 3 aromatic carbocycles. The largest absolute Gasteiger partial charge is 0.383 e. The van der Waals surface area contributed by atoms with Crippen LogP contribution in [0.15, 0.2) is 160 Å². The van der Waals surface area contributed by atoms with Crippen LogP contribution in [0.25, 0.3) is 66.9 Å². The lowest BCUT2D eigenvalue weighted by Gasteiger charge is -2.32. The third-order valence-electron chi connectivity index (χ3n) is 18.7. The second-order valence-electron chi connectivity index (χ2n) is 26.1. The number of hydrogen-bond acceptors (Lipinski definition) is 22. The van der Waals surface area contributed by atoms with Gasteiger partial charge in [-0.2, -0.15) is 15.3 Å². The molecule has 12 aromatic rings. The van der Waals surface area contributed by atoms with E-state index in [2.05, 4.69) is 85.8 Å². The topological polar surface area (TPSA) is 396 Å². The van der Waals surface area contributed by atoms with E-state index in [-0.39, 0.29) is 53.6 Å². The third-order valence-corrected chi connectivity index (χ3v) is 19.5. The molecule has 0 radical (unpaired) electrons. The first kappa shape index (κ1) is 72.8. The number of thiazole rings is 1. The Labute approximate surface area is 623 Å². The van der Waals surface area contributed by atoms with Crippen molar-refractivity contribution in [2.45, 2.75) is 84.3 Å². The Morgan fingerprint density at radius 2 is 0.843 bits per heavy atom. The van der Waals surface area contributed by atoms with E-state index in [9.17, 15) is 28.8 Å². The molecule has 3 atom stereocenters. The Morgan fingerprint density at radius 1 is 0.481 bits per heavy atom. The van der Waals surface area contributed by atoms with E-state index in [1.54, 1.807) is 76.6 Å². The number of rotatable bonds is 14. The van der Waals surface area contributed by atoms with Crippen molar-refractivity contribution in [3.63, 3.8) is 0 Å². The normalized spacial score (nSPS) is 15.5. The molecule has 0 spiro atoms. The number of aromatic nitrogens is 15. The molecule has 6 amide bonds. The van der Waals surface area contributed by atoms with Gasteiger partial charge >= 0.3 is 0 Å². The van der Waals surface area contributed by atoms with Crippen molar-refractivity contribution in [2.75, 3.05) is 72.4 Å². The summed E-state index contributed by atoms with van der Waals surface area (Å²) in [5.74, 6) is 6.12. The van der Waals surface area contributed by atoms with Crippen LogP contribution in [0.1, 0.15) is 111 Å². The van der Waals surface area contributed by atoms with Gasteiger partial charge in [0.25, 0.3) is 23.6 Å². The zero-order chi connectivity index (χ0) is 75.7. The van der Waals surface area contributed by atoms with Gasteiger partial charge in [0.2, 0.25) is 11.8 Å². The minimum atomic E-state index is -0.259. The first-order chi connectivity index (χ1) is 52.3. The summed E-state index contributed by atoms with van der Waals surface area (Å²) in [4.78, 5) is 120. The highest BCUT2D eigenvalue weighted by atomic mass is 32.1. The first-order valence-corrected chi connectivity index (χ1v) is 35.7. The fourth-order valence-corrected chi connectivity index (χ4v) is 14.0. The quantitative estimate of drug-likeness (QED) is 0.0435. The van der Waals surface area contributed by atoms with Crippen molar-refractivity contribution in [1.29, 1.82) is 0 Å². The summed E-state index contributed by atoms with van der Waals surface area (Å²) in [7, 11) is 0. The lowest BCUT2D eigenvalue weighted by molar-refractivity contribution is -0.128. The smallest absolute Gasteiger partial charge is 0.298 e. The van der Waals surface area contributed by atoms with Crippen LogP contribution in [0.3, 0.4) is 0 Å². The molecular weight excluding hydrogens is 1390 g/mol. The van der Waals surface area contributed by atoms with Gasteiger partial charge in [-0.25, -0.2) is 58.9 Å². The molecule has 3 aliphatic rings. The maximum Gasteiger partial charge on any atom is 0.298 e. The Kier molecular flexibility index (Phi) is 21.8. The number of pyridine rings is 2. The van der Waals surface area contributed by atoms with Crippen LogP contribution >= 0.6 is 11.3 Å². The van der Waals surface area contributed by atoms with E-state index in [1.165, 1.54) is 42.5 Å². The summed E-state index contributed by atoms with van der Waals surface area (Å²) in [6.07, 6.45) is 17.0. The molecule has 3 saturated heterocycles. The second kappa shape index (κ2) is 32.3. The number of aryl methyl sites for hydroxylation is 3. The molecule has 12 heterocycles. The van der Waals surface area contributed by atoms with Gasteiger partial charge in [0.1, 0.15) is 65.2 Å². The van der Waals surface area contributed by atoms with Crippen LogP contribution in [0.2, 0.25) is 0 Å². The third kappa shape index (κ3) is 15.9. The van der Waals surface area contributed by atoms with Gasteiger partial charge in [-0.15, -0.1) is 11.3 Å². The summed E-state index contributed by atoms with van der Waals surface area (Å²) in [5, 5.41) is 25.6. The van der Waals surface area contributed by atoms with E-state index < -0.39 is 0 Å². The standard InChI is InChI=1S/C27H26N8O2.C26H26N8O2.C24H24N8O2S/c1-3-5-22(36)34-13-4-6-20(15-34)35-26-23(25(28)30-16-31-26)24(33-35)18-7-9-19(10-8-18)27(37)32-21-14-17(2)11-12-29-21;1-3-21(35)33-12-4-5-19(14-33)34-25-22(24(27)29-15-30-25)23(32-34)17-6-8-18(9-7-17)26(36)31-20-13-16(2)10-11-28-20;1-3-18(33)31-10-4-5-17(12-31)32-22-19(21(25)27-13-28-22)20(30-32)15-6-8-16(9-7-15)23(34)29-24-26-11-14(2)35-24/h7-12,14,16,20H,4,6,13,15H2,1-2H3,(H2,28,30,31)(H,29,32,37);3,6-11,13,15,19H,1,4-5,12,14H2,2H3,(H2,27,29,30)(H,28,31,36);3,6-9,11,13,17H,1,4-5,10,12H2,2H3,(H2,25,27,28)(H,26,29,34). The molecule has 108 heavy (non-hydrogen) atoms. The van der Waals surface area contributed by atoms with E-state index >= 15 is 0 Å². The average Bonchev–Trinajstić information content (AvgIpc) is 1.62. The van der Waals surface area contributed by atoms with E-state index in [0.717, 1.165) is 71.2 Å². The second-order valence-corrected chi connectivity index (χ2v) is 27.3. The van der Waals surface area contributed by atoms with Crippen molar-refractivity contribution in [1.82, 2.24) is 88.9 Å². The molecule has 546 valence electrons. The van der Waals surface area contributed by atoms with Crippen LogP contribution in [0.4, 0.5) is 34.2 Å². The maximum atomic E-state index is 12.7. The summed E-state index contributed by atoms with van der Waals surface area (Å²) < 4.78 is 5.53. The first-order valence-electron chi connectivity index (χ1n) is 34.9. The number of anilines is 6. The highest BCUT2D eigenvalue weighted by Gasteiger charge is 2.32. The van der Waals surface area contributed by atoms with E-state index in [0.29, 0.717) is 140 Å². The van der Waals surface area contributed by atoms with Gasteiger partial charge in [0.05, 0.1) is 34.3 Å². The number of carbonyl (C=O) groups excluding carboxylic acids is 6. The number of amides is 6. The molecule has 3 aliphatic heterocycles. The highest BCUT2D eigenvalue weighted by molar-refractivity contribution is 7.15. The summed E-state index contributed by atoms with van der Waals surface area (Å²) in [5.41, 5.74) is 28.3. The number of fused-ring (bicyclic) bond motifs is 3. The fourth-order valence-electron chi connectivity index (χ4n) is 13.4. The van der Waals surface area contributed by atoms with Gasteiger partial charge in [-0.05, 0) is 156 Å². The van der Waals surface area contributed by atoms with Gasteiger partial charge in [-0.1, -0.05) is 55.5 Å². The molecule has 0 saturated carbocycles. The van der Waals surface area contributed by atoms with Crippen molar-refractivity contribution in [3.05, 3.63) is 193 Å². The number of nitrogens with two attached hydrogens (primary N) is 3. The van der Waals surface area contributed by atoms with Crippen LogP contribution in [0.5, 0.6) is 0 Å². The monoisotopic (exact) mass is 1460 g/mol. The number of nitrogens with one attached hydrogen (secondary N) is 3. The average molecular weight is 1470 g/mol. The Morgan fingerprint density at radius 3 is 1.19 bits per heavy atom. The Hall–Kier alpha value is -13.5. The molecule has 30 nitrogen and oxygen atoms in total. The van der Waals surface area contributed by atoms with Gasteiger partial charge < -0.3 is 42.5 Å². The lowest BCUT2D eigenvalue weighted by atomic mass is 10.1. The maximum absolute atomic E-state index is 12.7. The number of nitrogens with zero attached hydrogens (tertiary/aromatic N) is 18. The number of carbonyl (C=O) groups is 6. The van der Waals surface area contributed by atoms with E-state index in [4.69, 9.17) is 32.5 Å². The SMILES string of the molecule is C=CC(=O)N1CCCC(n2nc(-c3ccc(C(=O)Nc4cc(C)ccn4)cc3)c3c(N)ncnc32)C1.C=CC(=O)N1CCCC(n2nc(-c3ccc(C(=O)Nc4ncc(C)s4)cc3)c3c(N)ncnc32)C1.CC#CC(=O)N1CCCC(n2nc(-c3ccc(C(=O)Nc4cc(C)ccn4)cc3)c3c(N)ncnc32)C1. The van der Waals surface area contributed by atoms with Crippen molar-refractivity contribution in [2.24, 2.45) is 0 Å². The molecule has 3 fully saturated rings. The minimum Gasteiger partial charge on any atom is -0.383 e. The number of likely N-dealkylation sites (tertiary alicyclic amines) is 3. The van der Waals surface area contributed by atoms with Crippen molar-refractivity contribution >= 4 is 114 Å². The molecule has 3 unspecified atom stereocenters. The molecule has 31 heteroatoms. The van der Waals surface area contributed by atoms with Gasteiger partial charge in [0.15, 0.2) is 22.1 Å². The van der Waals surface area contributed by atoms with Crippen molar-refractivity contribution < 1.29 is 28.8 Å². The molecular formula is C77H76N24O6S. The Bertz CT molecular complexity index is 5510. The predicted molar refractivity (Wildman–Crippen MR) is 413 cm³/mol. The summed E-state index contributed by atoms with van der Waals surface area (Å²) in [6.45, 7) is 18.2. The van der Waals surface area contributed by atoms with Crippen LogP contribution < -0.4 is 33.2 Å². The van der Waals surface area contributed by atoms with Gasteiger partial charge in [0, 0.05) is 96.1 Å². The van der Waals surface area contributed by atoms with Gasteiger partial charge in [-0.3, -0.25) is 34.1 Å². The molecule has 0 bridgehead atoms. The minimum absolute atomic E-state index is 0.0509. The van der Waals surface area contributed by atoms with Crippen LogP contribution in [0, 0.1) is 32.6 Å². The number of hydrogen-bond donors (Lipinski definition) is 6. The molecule has 15 rings (SSSR count). The molecule has 0 aliphatic carbocycles. The predicted octanol–water partition coefficient (Wildman–Crippen LogP) is 10.0. The summed E-state index contributed by atoms with van der Waals surface area (Å²) >= 11 is 1.42.